The molecule has 0 atom stereocenters. The number of hydrogen-bond donors (Lipinski definition) is 1. The van der Waals surface area contributed by atoms with Gasteiger partial charge in [0.05, 0.1) is 5.52 Å². The van der Waals surface area contributed by atoms with Gasteiger partial charge in [-0.3, -0.25) is 4.98 Å². The Morgan fingerprint density at radius 2 is 2.24 bits per heavy atom. The quantitative estimate of drug-likeness (QED) is 0.785. The summed E-state index contributed by atoms with van der Waals surface area (Å²) in [6.45, 7) is 3.24. The van der Waals surface area contributed by atoms with Crippen LogP contribution in [0.5, 0.6) is 0 Å². The van der Waals surface area contributed by atoms with Crippen molar-refractivity contribution in [1.29, 1.82) is 0 Å². The second-order valence-corrected chi connectivity index (χ2v) is 5.28. The van der Waals surface area contributed by atoms with Crippen LogP contribution in [-0.4, -0.2) is 23.0 Å². The molecule has 0 amide bonds. The summed E-state index contributed by atoms with van der Waals surface area (Å²) in [5.41, 5.74) is 2.24. The molecule has 2 aromatic rings. The average molecular weight is 246 g/mol. The third-order valence-corrected chi connectivity index (χ3v) is 3.59. The molecule has 0 aliphatic rings. The Morgan fingerprint density at radius 1 is 1.29 bits per heavy atom. The number of thioether (sulfide) groups is 1. The molecule has 1 N–H and O–H groups in total. The third kappa shape index (κ3) is 3.63. The molecule has 3 heteroatoms. The van der Waals surface area contributed by atoms with Crippen LogP contribution in [0.15, 0.2) is 36.5 Å². The van der Waals surface area contributed by atoms with Gasteiger partial charge < -0.3 is 5.32 Å². The van der Waals surface area contributed by atoms with Crippen LogP contribution in [0.1, 0.15) is 13.3 Å². The molecule has 0 spiro atoms. The van der Waals surface area contributed by atoms with E-state index in [1.165, 1.54) is 29.0 Å². The maximum atomic E-state index is 4.31. The number of aromatic nitrogens is 1. The normalized spacial score (nSPS) is 10.6. The molecule has 1 aromatic heterocycles. The lowest BCUT2D eigenvalue weighted by Gasteiger charge is -2.06. The summed E-state index contributed by atoms with van der Waals surface area (Å²) in [5.74, 6) is 2.44. The van der Waals surface area contributed by atoms with E-state index < -0.39 is 0 Å². The Morgan fingerprint density at radius 3 is 3.12 bits per heavy atom. The fourth-order valence-corrected chi connectivity index (χ4v) is 2.37. The molecule has 0 fully saturated rings. The van der Waals surface area contributed by atoms with E-state index in [0.29, 0.717) is 0 Å². The highest BCUT2D eigenvalue weighted by molar-refractivity contribution is 7.99. The number of pyridine rings is 1. The summed E-state index contributed by atoms with van der Waals surface area (Å²) in [6.07, 6.45) is 3.04. The standard InChI is InChI=1S/C14H18N2S/c1-2-17-10-4-9-15-13-6-7-14-12(11-13)5-3-8-16-14/h3,5-8,11,15H,2,4,9-10H2,1H3. The monoisotopic (exact) mass is 246 g/mol. The van der Waals surface area contributed by atoms with E-state index in [0.717, 1.165) is 12.1 Å². The van der Waals surface area contributed by atoms with Crippen molar-refractivity contribution in [3.8, 4) is 0 Å². The second-order valence-electron chi connectivity index (χ2n) is 3.89. The van der Waals surface area contributed by atoms with Crippen LogP contribution in [0, 0.1) is 0 Å². The first kappa shape index (κ1) is 12.2. The Balaban J connectivity index is 1.90. The van der Waals surface area contributed by atoms with Crippen LogP contribution in [-0.2, 0) is 0 Å². The van der Waals surface area contributed by atoms with Gasteiger partial charge in [0.1, 0.15) is 0 Å². The minimum absolute atomic E-state index is 1.04. The van der Waals surface area contributed by atoms with Crippen LogP contribution in [0.25, 0.3) is 10.9 Å². The van der Waals surface area contributed by atoms with E-state index in [1.54, 1.807) is 0 Å². The number of rotatable bonds is 6. The van der Waals surface area contributed by atoms with E-state index in [-0.39, 0.29) is 0 Å². The van der Waals surface area contributed by atoms with Crippen molar-refractivity contribution in [3.05, 3.63) is 36.5 Å². The van der Waals surface area contributed by atoms with E-state index in [2.05, 4.69) is 41.5 Å². The van der Waals surface area contributed by atoms with Gasteiger partial charge >= 0.3 is 0 Å². The highest BCUT2D eigenvalue weighted by Gasteiger charge is 1.96. The third-order valence-electron chi connectivity index (χ3n) is 2.60. The zero-order chi connectivity index (χ0) is 11.9. The molecule has 0 saturated heterocycles. The summed E-state index contributed by atoms with van der Waals surface area (Å²) in [6, 6.07) is 10.4. The Bertz CT molecular complexity index is 470. The molecule has 0 saturated carbocycles. The fraction of sp³-hybridized carbons (Fsp3) is 0.357. The van der Waals surface area contributed by atoms with Gasteiger partial charge in [-0.25, -0.2) is 0 Å². The molecular weight excluding hydrogens is 228 g/mol. The molecule has 0 radical (unpaired) electrons. The van der Waals surface area contributed by atoms with Gasteiger partial charge in [0, 0.05) is 23.8 Å². The van der Waals surface area contributed by atoms with Crippen molar-refractivity contribution in [3.63, 3.8) is 0 Å². The molecule has 0 aliphatic heterocycles. The van der Waals surface area contributed by atoms with Gasteiger partial charge in [-0.2, -0.15) is 11.8 Å². The van der Waals surface area contributed by atoms with E-state index >= 15 is 0 Å². The highest BCUT2D eigenvalue weighted by atomic mass is 32.2. The van der Waals surface area contributed by atoms with Crippen LogP contribution in [0.2, 0.25) is 0 Å². The SMILES string of the molecule is CCSCCCNc1ccc2ncccc2c1. The van der Waals surface area contributed by atoms with Crippen LogP contribution < -0.4 is 5.32 Å². The Kier molecular flexibility index (Phi) is 4.68. The number of nitrogens with zero attached hydrogens (tertiary/aromatic N) is 1. The van der Waals surface area contributed by atoms with Crippen LogP contribution in [0.4, 0.5) is 5.69 Å². The van der Waals surface area contributed by atoms with Crippen LogP contribution in [0.3, 0.4) is 0 Å². The minimum atomic E-state index is 1.04. The first-order valence-corrected chi connectivity index (χ1v) is 7.22. The molecule has 2 nitrogen and oxygen atoms in total. The maximum absolute atomic E-state index is 4.31. The number of nitrogens with one attached hydrogen (secondary N) is 1. The van der Waals surface area contributed by atoms with Gasteiger partial charge in [-0.15, -0.1) is 0 Å². The topological polar surface area (TPSA) is 24.9 Å². The molecule has 2 rings (SSSR count). The lowest BCUT2D eigenvalue weighted by Crippen LogP contribution is -2.02. The first-order valence-electron chi connectivity index (χ1n) is 6.06. The predicted molar refractivity (Wildman–Crippen MR) is 77.8 cm³/mol. The molecular formula is C14H18N2S. The van der Waals surface area contributed by atoms with Gasteiger partial charge in [-0.05, 0) is 42.2 Å². The Labute approximate surface area is 107 Å². The summed E-state index contributed by atoms with van der Waals surface area (Å²) in [7, 11) is 0. The molecule has 17 heavy (non-hydrogen) atoms. The van der Waals surface area contributed by atoms with Gasteiger partial charge in [0.2, 0.25) is 0 Å². The highest BCUT2D eigenvalue weighted by Crippen LogP contribution is 2.16. The minimum Gasteiger partial charge on any atom is -0.385 e. The zero-order valence-electron chi connectivity index (χ0n) is 10.1. The number of benzene rings is 1. The van der Waals surface area contributed by atoms with Crippen molar-refractivity contribution < 1.29 is 0 Å². The predicted octanol–water partition coefficient (Wildman–Crippen LogP) is 3.79. The van der Waals surface area contributed by atoms with Crippen molar-refractivity contribution in [2.45, 2.75) is 13.3 Å². The van der Waals surface area contributed by atoms with E-state index in [1.807, 2.05) is 24.0 Å². The smallest absolute Gasteiger partial charge is 0.0703 e. The lowest BCUT2D eigenvalue weighted by atomic mass is 10.2. The van der Waals surface area contributed by atoms with Crippen molar-refractivity contribution in [2.75, 3.05) is 23.4 Å². The molecule has 1 heterocycles. The van der Waals surface area contributed by atoms with Crippen molar-refractivity contribution in [1.82, 2.24) is 4.98 Å². The Hall–Kier alpha value is -1.22. The second kappa shape index (κ2) is 6.50. The van der Waals surface area contributed by atoms with Gasteiger partial charge in [-0.1, -0.05) is 13.0 Å². The maximum Gasteiger partial charge on any atom is 0.0703 e. The molecule has 0 bridgehead atoms. The molecule has 1 aromatic carbocycles. The fourth-order valence-electron chi connectivity index (χ4n) is 1.74. The summed E-state index contributed by atoms with van der Waals surface area (Å²) < 4.78 is 0. The summed E-state index contributed by atoms with van der Waals surface area (Å²) in [5, 5.41) is 4.65. The largest absolute Gasteiger partial charge is 0.385 e. The summed E-state index contributed by atoms with van der Waals surface area (Å²) in [4.78, 5) is 4.31. The van der Waals surface area contributed by atoms with E-state index in [4.69, 9.17) is 0 Å². The van der Waals surface area contributed by atoms with E-state index in [9.17, 15) is 0 Å². The average Bonchev–Trinajstić information content (AvgIpc) is 2.38. The van der Waals surface area contributed by atoms with Crippen molar-refractivity contribution >= 4 is 28.4 Å². The molecule has 0 aliphatic carbocycles. The zero-order valence-corrected chi connectivity index (χ0v) is 11.0. The number of fused-ring (bicyclic) bond motifs is 1. The molecule has 0 unspecified atom stereocenters. The lowest BCUT2D eigenvalue weighted by molar-refractivity contribution is 0.992. The number of anilines is 1. The number of hydrogen-bond acceptors (Lipinski definition) is 3. The first-order chi connectivity index (χ1) is 8.40. The van der Waals surface area contributed by atoms with Gasteiger partial charge in [0.25, 0.3) is 0 Å². The summed E-state index contributed by atoms with van der Waals surface area (Å²) >= 11 is 2.00. The van der Waals surface area contributed by atoms with Gasteiger partial charge in [0.15, 0.2) is 0 Å². The van der Waals surface area contributed by atoms with Crippen LogP contribution >= 0.6 is 11.8 Å². The molecule has 90 valence electrons. The van der Waals surface area contributed by atoms with Crippen molar-refractivity contribution in [2.24, 2.45) is 0 Å².